The molecule has 0 radical (unpaired) electrons. The second-order valence-electron chi connectivity index (χ2n) is 37.2. The maximum atomic E-state index is 6.41. The van der Waals surface area contributed by atoms with E-state index in [1.165, 1.54) is 21.8 Å². The highest BCUT2D eigenvalue weighted by atomic mass is 16.3. The molecule has 0 fully saturated rings. The van der Waals surface area contributed by atoms with Crippen molar-refractivity contribution in [3.8, 4) is 28.6 Å². The second kappa shape index (κ2) is 33.3. The molecule has 22 nitrogen and oxygen atoms in total. The smallest absolute Gasteiger partial charge is 0.146 e. The molecule has 22 aromatic heterocycles. The van der Waals surface area contributed by atoms with E-state index in [0.717, 1.165) is 280 Å². The molecule has 700 valence electrons. The van der Waals surface area contributed by atoms with Crippen LogP contribution in [-0.4, -0.2) is 82.6 Å². The summed E-state index contributed by atoms with van der Waals surface area (Å²) in [7, 11) is 0. The molecule has 35 rings (SSSR count). The van der Waals surface area contributed by atoms with Gasteiger partial charge in [0.2, 0.25) is 0 Å². The fourth-order valence-electron chi connectivity index (χ4n) is 23.4. The van der Waals surface area contributed by atoms with Crippen molar-refractivity contribution in [2.24, 2.45) is 0 Å². The average molecular weight is 1930 g/mol. The van der Waals surface area contributed by atoms with Crippen LogP contribution in [0.25, 0.3) is 302 Å². The number of rotatable bonds is 5. The van der Waals surface area contributed by atoms with Crippen LogP contribution in [0.4, 0.5) is 0 Å². The molecule has 0 bridgehead atoms. The number of benzene rings is 13. The number of nitrogens with zero attached hydrogens (tertiary/aromatic N) is 17. The van der Waals surface area contributed by atoms with Crippen LogP contribution in [0.5, 0.6) is 0 Å². The van der Waals surface area contributed by atoms with Gasteiger partial charge in [-0.3, -0.25) is 53.2 Å². The Morgan fingerprint density at radius 1 is 0.147 bits per heavy atom. The lowest BCUT2D eigenvalue weighted by molar-refractivity contribution is 0.672. The molecule has 0 saturated heterocycles. The monoisotopic (exact) mass is 1930 g/mol. The van der Waals surface area contributed by atoms with Gasteiger partial charge in [-0.05, 0) is 181 Å². The highest BCUT2D eigenvalue weighted by Crippen LogP contribution is 2.53. The normalized spacial score (nSPS) is 12.0. The Bertz CT molecular complexity index is 10200. The van der Waals surface area contributed by atoms with Crippen molar-refractivity contribution in [2.75, 3.05) is 0 Å². The summed E-state index contributed by atoms with van der Waals surface area (Å²) in [5.41, 5.74) is 23.2. The second-order valence-corrected chi connectivity index (χ2v) is 37.2. The van der Waals surface area contributed by atoms with E-state index in [0.29, 0.717) is 0 Å². The largest absolute Gasteiger partial charge is 0.455 e. The molecule has 0 aliphatic heterocycles. The van der Waals surface area contributed by atoms with Gasteiger partial charge in [0.15, 0.2) is 0 Å². The topological polar surface area (TPSA) is 245 Å². The molecule has 0 unspecified atom stereocenters. The number of para-hydroxylation sites is 8. The Morgan fingerprint density at radius 2 is 0.420 bits per heavy atom. The van der Waals surface area contributed by atoms with Crippen molar-refractivity contribution in [2.45, 2.75) is 0 Å². The molecule has 0 spiro atoms. The third-order valence-electron chi connectivity index (χ3n) is 29.4. The summed E-state index contributed by atoms with van der Waals surface area (Å²) in [6, 6.07) is 111. The maximum absolute atomic E-state index is 6.41. The van der Waals surface area contributed by atoms with Crippen LogP contribution >= 0.6 is 0 Å². The quantitative estimate of drug-likeness (QED) is 0.155. The zero-order valence-electron chi connectivity index (χ0n) is 79.3. The molecule has 22 heteroatoms. The molecule has 0 aliphatic rings. The van der Waals surface area contributed by atoms with Crippen molar-refractivity contribution < 1.29 is 22.1 Å². The van der Waals surface area contributed by atoms with Gasteiger partial charge in [0.05, 0.1) is 77.6 Å². The van der Waals surface area contributed by atoms with Crippen LogP contribution < -0.4 is 0 Å². The number of hydrogen-bond donors (Lipinski definition) is 0. The number of pyridine rings is 12. The van der Waals surface area contributed by atoms with E-state index >= 15 is 0 Å². The molecule has 0 aliphatic carbocycles. The third-order valence-corrected chi connectivity index (χ3v) is 29.4. The first-order valence-corrected chi connectivity index (χ1v) is 49.4. The Morgan fingerprint density at radius 3 is 0.807 bits per heavy atom. The van der Waals surface area contributed by atoms with Gasteiger partial charge in [-0.15, -0.1) is 0 Å². The van der Waals surface area contributed by atoms with Gasteiger partial charge in [-0.1, -0.05) is 152 Å². The standard InChI is InChI=1S/C27H16N2O.C26H15N3O.3C25H14N4O/c1-2-8-17(9-3-1)29-22-12-6-4-10-19(22)24-18-14-15-28-16-21(18)27-25(26(24)29)20-11-5-7-13-23(20)30-27;1-2-7-16(8-3-1)29-24-22(19-10-6-13-28-26(19)29)20-15-27-14-12-17(20)25-23(24)18-9-4-5-11-21(18)30-25;1-2-8-20-17(6-1)22-23-21(19-14-27-12-9-16(19)24(22)30-20)18-7-4-11-28-25(18)29(23)15-5-3-10-26-13-15;1-2-8-19-16(6-1)22-23-21(18-14-26-13-10-15(18)24(22)30-19)17-7-5-12-28-25(17)29(23)20-9-3-4-11-27-20;1-2-6-20-17(4-1)22-23-21(19-14-27-13-9-16(19)24(22)30-20)18-5-3-10-28-25(18)29(23)15-7-11-26-12-8-15/h1-16H;1-15H;3*1-14H. The summed E-state index contributed by atoms with van der Waals surface area (Å²) in [6.07, 6.45) is 35.2. The zero-order chi connectivity index (χ0) is 98.3. The number of fused-ring (bicyclic) bond motifs is 50. The Labute approximate surface area is 846 Å². The minimum Gasteiger partial charge on any atom is -0.455 e. The summed E-state index contributed by atoms with van der Waals surface area (Å²) in [6.45, 7) is 0. The van der Waals surface area contributed by atoms with E-state index in [2.05, 4.69) is 233 Å². The lowest BCUT2D eigenvalue weighted by Crippen LogP contribution is -1.98. The Hall–Kier alpha value is -21.0. The fraction of sp³-hybridized carbons (Fsp3) is 0. The lowest BCUT2D eigenvalue weighted by Gasteiger charge is -2.09. The summed E-state index contributed by atoms with van der Waals surface area (Å²) >= 11 is 0. The van der Waals surface area contributed by atoms with Crippen LogP contribution in [0.15, 0.2) is 467 Å². The first-order valence-electron chi connectivity index (χ1n) is 49.4. The van der Waals surface area contributed by atoms with Gasteiger partial charge in [-0.25, -0.2) is 24.9 Å². The summed E-state index contributed by atoms with van der Waals surface area (Å²) < 4.78 is 43.1. The van der Waals surface area contributed by atoms with Gasteiger partial charge in [0, 0.05) is 252 Å². The molecule has 0 atom stereocenters. The van der Waals surface area contributed by atoms with E-state index in [-0.39, 0.29) is 0 Å². The van der Waals surface area contributed by atoms with E-state index in [4.69, 9.17) is 42.0 Å². The SMILES string of the molecule is c1ccc(-n2c3ccccc3c3c4ccncc4c4oc5ccccc5c4c32)cc1.c1ccc(-n2c3ncccc3c3c4cnccc4c4oc5ccccc5c4c32)cc1.c1ccc(-n2c3ncccc3c3c4cnccc4c4oc5ccccc5c4c32)nc1.c1ccc2c(c1)oc1c3ccncc3c3c4cccnc4n(-c4ccncc4)c3c21.c1cncc(-n2c3ncccc3c3c4cnccc4c4oc5ccccc5c4c32)c1. The van der Waals surface area contributed by atoms with Gasteiger partial charge < -0.3 is 26.7 Å². The highest BCUT2D eigenvalue weighted by Gasteiger charge is 2.32. The molecule has 0 saturated carbocycles. The van der Waals surface area contributed by atoms with Gasteiger partial charge >= 0.3 is 0 Å². The first kappa shape index (κ1) is 83.6. The lowest BCUT2D eigenvalue weighted by atomic mass is 10.0. The summed E-state index contributed by atoms with van der Waals surface area (Å²) in [5.74, 6) is 0.825. The van der Waals surface area contributed by atoms with E-state index in [1.807, 2.05) is 269 Å². The molecule has 0 amide bonds. The van der Waals surface area contributed by atoms with Crippen molar-refractivity contribution in [3.05, 3.63) is 445 Å². The van der Waals surface area contributed by atoms with E-state index in [9.17, 15) is 0 Å². The Balaban J connectivity index is 0.0000000844. The molecule has 22 heterocycles. The molecule has 13 aromatic carbocycles. The van der Waals surface area contributed by atoms with Crippen molar-refractivity contribution in [1.82, 2.24) is 82.6 Å². The Kier molecular flexibility index (Phi) is 18.5. The summed E-state index contributed by atoms with van der Waals surface area (Å²) in [5, 5.41) is 33.1. The summed E-state index contributed by atoms with van der Waals surface area (Å²) in [4.78, 5) is 54.4. The molecule has 150 heavy (non-hydrogen) atoms. The van der Waals surface area contributed by atoms with E-state index < -0.39 is 0 Å². The van der Waals surface area contributed by atoms with Crippen LogP contribution in [-0.2, 0) is 0 Å². The number of hydrogen-bond acceptors (Lipinski definition) is 17. The molecular formula is C128H73N17O5. The zero-order valence-corrected chi connectivity index (χ0v) is 79.3. The minimum absolute atomic E-state index is 0.825. The van der Waals surface area contributed by atoms with Crippen molar-refractivity contribution in [3.63, 3.8) is 0 Å². The average Bonchev–Trinajstić information content (AvgIpc) is 1.56. The number of furan rings is 5. The van der Waals surface area contributed by atoms with Gasteiger partial charge in [0.25, 0.3) is 0 Å². The van der Waals surface area contributed by atoms with Crippen LogP contribution in [0, 0.1) is 0 Å². The third kappa shape index (κ3) is 12.3. The van der Waals surface area contributed by atoms with E-state index in [1.54, 1.807) is 6.20 Å². The molecule has 35 aromatic rings. The van der Waals surface area contributed by atoms with Crippen molar-refractivity contribution >= 4 is 273 Å². The highest BCUT2D eigenvalue weighted by molar-refractivity contribution is 6.41. The van der Waals surface area contributed by atoms with Crippen LogP contribution in [0.3, 0.4) is 0 Å². The minimum atomic E-state index is 0.825. The van der Waals surface area contributed by atoms with Crippen LogP contribution in [0.2, 0.25) is 0 Å². The predicted octanol–water partition coefficient (Wildman–Crippen LogP) is 31.9. The fourth-order valence-corrected chi connectivity index (χ4v) is 23.4. The van der Waals surface area contributed by atoms with Gasteiger partial charge in [-0.2, -0.15) is 0 Å². The number of aromatic nitrogens is 17. The molecular weight excluding hydrogens is 1860 g/mol. The maximum Gasteiger partial charge on any atom is 0.146 e. The van der Waals surface area contributed by atoms with Crippen molar-refractivity contribution in [1.29, 1.82) is 0 Å². The first-order chi connectivity index (χ1) is 74.6. The predicted molar refractivity (Wildman–Crippen MR) is 601 cm³/mol. The van der Waals surface area contributed by atoms with Crippen LogP contribution in [0.1, 0.15) is 0 Å². The molecule has 0 N–H and O–H groups in total. The van der Waals surface area contributed by atoms with Gasteiger partial charge in [0.1, 0.15) is 84.2 Å².